The minimum atomic E-state index is -1.66. The average molecular weight is 270 g/mol. The standard InChI is InChI=1S/C13H26N2O2Si/c1-5-6-7-8-9-10-11-12-13(18(2,3)4)15(16)14-17-12/h5-11H2,1-4H3. The van der Waals surface area contributed by atoms with E-state index in [-0.39, 0.29) is 0 Å². The predicted octanol–water partition coefficient (Wildman–Crippen LogP) is 2.76. The van der Waals surface area contributed by atoms with Gasteiger partial charge in [0.1, 0.15) is 0 Å². The van der Waals surface area contributed by atoms with Crippen molar-refractivity contribution in [2.45, 2.75) is 71.5 Å². The van der Waals surface area contributed by atoms with Crippen LogP contribution in [-0.4, -0.2) is 13.3 Å². The fourth-order valence-corrected chi connectivity index (χ4v) is 3.83. The molecule has 0 fully saturated rings. The number of hydrogen-bond donors (Lipinski definition) is 0. The minimum Gasteiger partial charge on any atom is -0.592 e. The zero-order valence-electron chi connectivity index (χ0n) is 12.2. The van der Waals surface area contributed by atoms with Crippen LogP contribution in [-0.2, 0) is 6.42 Å². The molecule has 0 bridgehead atoms. The first kappa shape index (κ1) is 15.2. The molecule has 18 heavy (non-hydrogen) atoms. The molecule has 0 spiro atoms. The maximum atomic E-state index is 11.6. The summed E-state index contributed by atoms with van der Waals surface area (Å²) < 4.78 is 5.18. The fourth-order valence-electron chi connectivity index (χ4n) is 2.21. The van der Waals surface area contributed by atoms with Crippen molar-refractivity contribution >= 4 is 13.4 Å². The molecule has 5 heteroatoms. The molecule has 1 aromatic heterocycles. The third kappa shape index (κ3) is 4.44. The van der Waals surface area contributed by atoms with Gasteiger partial charge in [-0.3, -0.25) is 0 Å². The number of nitrogens with zero attached hydrogens (tertiary/aromatic N) is 2. The van der Waals surface area contributed by atoms with Crippen molar-refractivity contribution in [1.29, 1.82) is 0 Å². The Morgan fingerprint density at radius 3 is 2.33 bits per heavy atom. The van der Waals surface area contributed by atoms with Crippen LogP contribution < -0.4 is 10.2 Å². The molecule has 0 unspecified atom stereocenters. The van der Waals surface area contributed by atoms with Crippen molar-refractivity contribution in [3.8, 4) is 0 Å². The molecule has 0 atom stereocenters. The Hall–Kier alpha value is -0.843. The van der Waals surface area contributed by atoms with Crippen molar-refractivity contribution in [3.63, 3.8) is 0 Å². The van der Waals surface area contributed by atoms with Gasteiger partial charge in [0.25, 0.3) is 0 Å². The fraction of sp³-hybridized carbons (Fsp3) is 0.846. The van der Waals surface area contributed by atoms with Crippen molar-refractivity contribution in [3.05, 3.63) is 11.0 Å². The van der Waals surface area contributed by atoms with Gasteiger partial charge in [0.15, 0.2) is 8.07 Å². The van der Waals surface area contributed by atoms with Gasteiger partial charge >= 0.3 is 0 Å². The highest BCUT2D eigenvalue weighted by atomic mass is 28.3. The topological polar surface area (TPSA) is 53.0 Å². The summed E-state index contributed by atoms with van der Waals surface area (Å²) in [7, 11) is -1.66. The highest BCUT2D eigenvalue weighted by molar-refractivity contribution is 6.87. The molecule has 104 valence electrons. The summed E-state index contributed by atoms with van der Waals surface area (Å²) in [6, 6.07) is 0. The molecule has 0 amide bonds. The van der Waals surface area contributed by atoms with Crippen molar-refractivity contribution in [2.24, 2.45) is 0 Å². The Bertz CT molecular complexity index is 358. The molecular weight excluding hydrogens is 244 g/mol. The van der Waals surface area contributed by atoms with E-state index in [4.69, 9.17) is 4.52 Å². The molecule has 1 aromatic rings. The van der Waals surface area contributed by atoms with Gasteiger partial charge in [-0.2, -0.15) is 0 Å². The van der Waals surface area contributed by atoms with E-state index in [1.54, 1.807) is 0 Å². The minimum absolute atomic E-state index is 0.693. The van der Waals surface area contributed by atoms with E-state index >= 15 is 0 Å². The van der Waals surface area contributed by atoms with Crippen LogP contribution in [0.3, 0.4) is 0 Å². The maximum Gasteiger partial charge on any atom is 0.235 e. The van der Waals surface area contributed by atoms with Gasteiger partial charge in [-0.05, 0) is 11.3 Å². The summed E-state index contributed by atoms with van der Waals surface area (Å²) in [6.45, 7) is 8.68. The van der Waals surface area contributed by atoms with E-state index < -0.39 is 8.07 Å². The van der Waals surface area contributed by atoms with Gasteiger partial charge in [-0.25, -0.2) is 0 Å². The van der Waals surface area contributed by atoms with Crippen LogP contribution in [0, 0.1) is 5.21 Å². The summed E-state index contributed by atoms with van der Waals surface area (Å²) in [5.41, 5.74) is 0. The number of aromatic nitrogens is 2. The predicted molar refractivity (Wildman–Crippen MR) is 75.5 cm³/mol. The number of hydrogen-bond acceptors (Lipinski definition) is 3. The molecule has 0 aliphatic rings. The molecule has 1 heterocycles. The molecule has 0 aliphatic heterocycles. The van der Waals surface area contributed by atoms with Crippen LogP contribution >= 0.6 is 0 Å². The van der Waals surface area contributed by atoms with Crippen LogP contribution in [0.25, 0.3) is 0 Å². The average Bonchev–Trinajstić information content (AvgIpc) is 2.64. The highest BCUT2D eigenvalue weighted by Crippen LogP contribution is 2.10. The van der Waals surface area contributed by atoms with E-state index in [1.807, 2.05) is 0 Å². The SMILES string of the molecule is CCCCCCCCc1on[n+]([O-])c1[Si](C)(C)C. The van der Waals surface area contributed by atoms with Crippen molar-refractivity contribution < 1.29 is 9.37 Å². The Kier molecular flexibility index (Phi) is 5.85. The molecule has 4 nitrogen and oxygen atoms in total. The zero-order valence-corrected chi connectivity index (χ0v) is 13.2. The second-order valence-corrected chi connectivity index (χ2v) is 11.0. The summed E-state index contributed by atoms with van der Waals surface area (Å²) in [5, 5.41) is 16.0. The molecular formula is C13H26N2O2Si. The van der Waals surface area contributed by atoms with Crippen molar-refractivity contribution in [1.82, 2.24) is 5.27 Å². The van der Waals surface area contributed by atoms with E-state index in [0.29, 0.717) is 4.85 Å². The van der Waals surface area contributed by atoms with E-state index in [0.717, 1.165) is 23.9 Å². The molecule has 0 N–H and O–H groups in total. The first-order chi connectivity index (χ1) is 8.46. The Balaban J connectivity index is 2.43. The van der Waals surface area contributed by atoms with Gasteiger partial charge in [-0.1, -0.05) is 58.7 Å². The lowest BCUT2D eigenvalue weighted by Crippen LogP contribution is -2.58. The molecule has 0 aromatic carbocycles. The largest absolute Gasteiger partial charge is 0.592 e. The van der Waals surface area contributed by atoms with Gasteiger partial charge in [0, 0.05) is 6.42 Å². The molecule has 1 rings (SSSR count). The third-order valence-electron chi connectivity index (χ3n) is 3.15. The quantitative estimate of drug-likeness (QED) is 0.316. The number of unbranched alkanes of at least 4 members (excludes halogenated alkanes) is 5. The Labute approximate surface area is 111 Å². The summed E-state index contributed by atoms with van der Waals surface area (Å²) >= 11 is 0. The van der Waals surface area contributed by atoms with E-state index in [9.17, 15) is 5.21 Å². The van der Waals surface area contributed by atoms with Crippen LogP contribution in [0.15, 0.2) is 4.52 Å². The second kappa shape index (κ2) is 6.92. The van der Waals surface area contributed by atoms with Gasteiger partial charge < -0.3 is 9.73 Å². The lowest BCUT2D eigenvalue weighted by Gasteiger charge is -2.10. The first-order valence-corrected chi connectivity index (χ1v) is 10.6. The van der Waals surface area contributed by atoms with Gasteiger partial charge in [0.05, 0.1) is 0 Å². The van der Waals surface area contributed by atoms with Crippen LogP contribution in [0.1, 0.15) is 51.2 Å². The van der Waals surface area contributed by atoms with Crippen LogP contribution in [0.2, 0.25) is 19.6 Å². The number of rotatable bonds is 8. The van der Waals surface area contributed by atoms with Crippen LogP contribution in [0.4, 0.5) is 0 Å². The molecule has 0 saturated heterocycles. The lowest BCUT2D eigenvalue weighted by molar-refractivity contribution is -0.664. The summed E-state index contributed by atoms with van der Waals surface area (Å²) in [6.07, 6.45) is 8.35. The number of aryl methyl sites for hydroxylation is 1. The summed E-state index contributed by atoms with van der Waals surface area (Å²) in [4.78, 5) is 0.693. The first-order valence-electron chi connectivity index (χ1n) is 7.05. The molecule has 0 saturated carbocycles. The van der Waals surface area contributed by atoms with Gasteiger partial charge in [-0.15, -0.1) is 0 Å². The zero-order chi connectivity index (χ0) is 13.6. The monoisotopic (exact) mass is 270 g/mol. The lowest BCUT2D eigenvalue weighted by atomic mass is 10.1. The Morgan fingerprint density at radius 1 is 1.11 bits per heavy atom. The molecule has 0 aliphatic carbocycles. The highest BCUT2D eigenvalue weighted by Gasteiger charge is 2.34. The van der Waals surface area contributed by atoms with E-state index in [2.05, 4.69) is 31.8 Å². The van der Waals surface area contributed by atoms with E-state index in [1.165, 1.54) is 32.1 Å². The molecule has 0 radical (unpaired) electrons. The maximum absolute atomic E-state index is 11.6. The Morgan fingerprint density at radius 2 is 1.72 bits per heavy atom. The van der Waals surface area contributed by atoms with Crippen molar-refractivity contribution in [2.75, 3.05) is 0 Å². The van der Waals surface area contributed by atoms with Crippen LogP contribution in [0.5, 0.6) is 0 Å². The smallest absolute Gasteiger partial charge is 0.235 e. The normalized spacial score (nSPS) is 12.0. The third-order valence-corrected chi connectivity index (χ3v) is 5.04. The summed E-state index contributed by atoms with van der Waals surface area (Å²) in [5.74, 6) is 0.819. The second-order valence-electron chi connectivity index (χ2n) is 5.99. The van der Waals surface area contributed by atoms with Gasteiger partial charge in [0.2, 0.25) is 16.3 Å².